The van der Waals surface area contributed by atoms with E-state index in [1.165, 1.54) is 30.3 Å². The average Bonchev–Trinajstić information content (AvgIpc) is 2.83. The largest absolute Gasteiger partial charge is 0.341 e. The number of hydrogen-bond donors (Lipinski definition) is 1. The summed E-state index contributed by atoms with van der Waals surface area (Å²) >= 11 is 6.09. The summed E-state index contributed by atoms with van der Waals surface area (Å²) in [5, 5.41) is -0.0116. The molecule has 0 saturated carbocycles. The van der Waals surface area contributed by atoms with Gasteiger partial charge in [-0.25, -0.2) is 36.9 Å². The Bertz CT molecular complexity index is 1510. The average molecular weight is 485 g/mol. The van der Waals surface area contributed by atoms with Crippen LogP contribution < -0.4 is 22.8 Å². The number of halogens is 3. The van der Waals surface area contributed by atoms with Crippen LogP contribution in [0.15, 0.2) is 87.2 Å². The van der Waals surface area contributed by atoms with Crippen LogP contribution in [0.5, 0.6) is 0 Å². The van der Waals surface area contributed by atoms with Crippen molar-refractivity contribution in [1.29, 1.82) is 0 Å². The number of para-hydroxylation sites is 1. The quantitative estimate of drug-likeness (QED) is 0.455. The second-order valence-corrected chi connectivity index (χ2v) is 7.96. The van der Waals surface area contributed by atoms with Crippen molar-refractivity contribution < 1.29 is 8.78 Å². The Morgan fingerprint density at radius 2 is 1.38 bits per heavy atom. The smallest absolute Gasteiger partial charge is 0.322 e. The molecule has 174 valence electrons. The van der Waals surface area contributed by atoms with Gasteiger partial charge in [0.1, 0.15) is 11.6 Å². The number of nitrogens with zero attached hydrogens (tertiary/aromatic N) is 3. The summed E-state index contributed by atoms with van der Waals surface area (Å²) in [6, 6.07) is 17.0. The summed E-state index contributed by atoms with van der Waals surface area (Å²) < 4.78 is 30.9. The van der Waals surface area contributed by atoms with Crippen molar-refractivity contribution in [2.45, 2.75) is 19.1 Å². The molecule has 7 nitrogen and oxygen atoms in total. The summed E-state index contributed by atoms with van der Waals surface area (Å²) in [7, 11) is 0. The van der Waals surface area contributed by atoms with Crippen LogP contribution in [-0.2, 0) is 13.1 Å². The molecule has 10 heteroatoms. The lowest BCUT2D eigenvalue weighted by Gasteiger charge is -2.18. The van der Waals surface area contributed by atoms with Crippen LogP contribution in [0.2, 0.25) is 5.02 Å². The van der Waals surface area contributed by atoms with Gasteiger partial charge in [-0.15, -0.1) is 0 Å². The lowest BCUT2D eigenvalue weighted by molar-refractivity contribution is 0.461. The first-order valence-corrected chi connectivity index (χ1v) is 10.6. The highest BCUT2D eigenvalue weighted by molar-refractivity contribution is 6.31. The summed E-state index contributed by atoms with van der Waals surface area (Å²) in [5.41, 5.74) is 3.16. The van der Waals surface area contributed by atoms with E-state index in [2.05, 4.69) is 0 Å². The zero-order valence-corrected chi connectivity index (χ0v) is 18.5. The number of benzene rings is 3. The van der Waals surface area contributed by atoms with Crippen LogP contribution in [0.4, 0.5) is 8.78 Å². The molecule has 0 radical (unpaired) electrons. The summed E-state index contributed by atoms with van der Waals surface area (Å²) in [6.07, 6.45) is 0. The second-order valence-electron chi connectivity index (χ2n) is 7.55. The van der Waals surface area contributed by atoms with Crippen molar-refractivity contribution in [2.24, 2.45) is 5.73 Å². The topological polar surface area (TPSA) is 92.0 Å². The van der Waals surface area contributed by atoms with Crippen molar-refractivity contribution in [1.82, 2.24) is 13.7 Å². The van der Waals surface area contributed by atoms with Crippen LogP contribution in [0.3, 0.4) is 0 Å². The van der Waals surface area contributed by atoms with Crippen molar-refractivity contribution >= 4 is 11.6 Å². The van der Waals surface area contributed by atoms with Gasteiger partial charge >= 0.3 is 17.1 Å². The van der Waals surface area contributed by atoms with Crippen LogP contribution in [-0.4, -0.2) is 13.7 Å². The molecule has 1 heterocycles. The molecule has 0 saturated heterocycles. The van der Waals surface area contributed by atoms with Gasteiger partial charge in [-0.1, -0.05) is 60.1 Å². The van der Waals surface area contributed by atoms with Crippen molar-refractivity contribution in [3.8, 4) is 5.69 Å². The molecule has 34 heavy (non-hydrogen) atoms. The Labute approximate surface area is 196 Å². The molecule has 0 aliphatic heterocycles. The maximum Gasteiger partial charge on any atom is 0.341 e. The van der Waals surface area contributed by atoms with Crippen LogP contribution in [0.25, 0.3) is 5.69 Å². The predicted octanol–water partition coefficient (Wildman–Crippen LogP) is 2.84. The van der Waals surface area contributed by atoms with Crippen molar-refractivity contribution in [3.05, 3.63) is 132 Å². The zero-order chi connectivity index (χ0) is 24.4. The van der Waals surface area contributed by atoms with Crippen LogP contribution in [0, 0.1) is 11.6 Å². The molecule has 1 aromatic heterocycles. The fourth-order valence-electron chi connectivity index (χ4n) is 3.61. The normalized spacial score (nSPS) is 12.0. The van der Waals surface area contributed by atoms with E-state index in [0.29, 0.717) is 14.7 Å². The van der Waals surface area contributed by atoms with Gasteiger partial charge in [-0.3, -0.25) is 0 Å². The molecule has 0 bridgehead atoms. The molecular formula is C24H19ClF2N4O3. The lowest BCUT2D eigenvalue weighted by atomic mass is 10.1. The van der Waals surface area contributed by atoms with Gasteiger partial charge in [0.15, 0.2) is 0 Å². The number of nitrogens with two attached hydrogens (primary N) is 1. The summed E-state index contributed by atoms with van der Waals surface area (Å²) in [4.78, 5) is 39.8. The van der Waals surface area contributed by atoms with Gasteiger partial charge in [0.25, 0.3) is 0 Å². The Hall–Kier alpha value is -3.82. The van der Waals surface area contributed by atoms with Gasteiger partial charge in [0.2, 0.25) is 0 Å². The van der Waals surface area contributed by atoms with E-state index in [9.17, 15) is 23.2 Å². The molecular weight excluding hydrogens is 466 g/mol. The molecule has 0 aliphatic carbocycles. The van der Waals surface area contributed by atoms with Gasteiger partial charge in [-0.2, -0.15) is 0 Å². The molecule has 1 unspecified atom stereocenters. The molecule has 0 spiro atoms. The maximum atomic E-state index is 14.6. The third kappa shape index (κ3) is 4.35. The summed E-state index contributed by atoms with van der Waals surface area (Å²) in [5.74, 6) is -1.59. The molecule has 3 aromatic carbocycles. The van der Waals surface area contributed by atoms with E-state index >= 15 is 0 Å². The minimum Gasteiger partial charge on any atom is -0.322 e. The highest BCUT2D eigenvalue weighted by atomic mass is 35.5. The van der Waals surface area contributed by atoms with Crippen molar-refractivity contribution in [3.63, 3.8) is 0 Å². The number of rotatable bonds is 6. The standard InChI is InChI=1S/C24H19ClF2N4O3/c25-17-9-6-11-18(26)16(17)13-29-22(32)30(14-20(28)15-7-2-1-3-8-15)24(34)31(23(29)33)21-12-5-4-10-19(21)27/h1-12,20H,13-14,28H2. The van der Waals surface area contributed by atoms with Crippen LogP contribution in [0.1, 0.15) is 17.2 Å². The van der Waals surface area contributed by atoms with E-state index < -0.39 is 41.3 Å². The van der Waals surface area contributed by atoms with E-state index in [1.54, 1.807) is 30.3 Å². The first kappa shape index (κ1) is 23.3. The minimum atomic E-state index is -1.14. The number of hydrogen-bond acceptors (Lipinski definition) is 4. The fraction of sp³-hybridized carbons (Fsp3) is 0.125. The highest BCUT2D eigenvalue weighted by Gasteiger charge is 2.22. The van der Waals surface area contributed by atoms with E-state index in [-0.39, 0.29) is 22.8 Å². The molecule has 1 atom stereocenters. The van der Waals surface area contributed by atoms with Gasteiger partial charge in [0, 0.05) is 16.6 Å². The zero-order valence-electron chi connectivity index (χ0n) is 17.7. The molecule has 4 rings (SSSR count). The van der Waals surface area contributed by atoms with Crippen LogP contribution >= 0.6 is 11.6 Å². The molecule has 4 aromatic rings. The maximum absolute atomic E-state index is 14.6. The minimum absolute atomic E-state index is 0.0116. The lowest BCUT2D eigenvalue weighted by Crippen LogP contribution is -2.55. The molecule has 0 fully saturated rings. The third-order valence-corrected chi connectivity index (χ3v) is 5.74. The van der Waals surface area contributed by atoms with Gasteiger partial charge < -0.3 is 5.73 Å². The molecule has 2 N–H and O–H groups in total. The Balaban J connectivity index is 1.96. The number of aromatic nitrogens is 3. The molecule has 0 aliphatic rings. The van der Waals surface area contributed by atoms with Gasteiger partial charge in [0.05, 0.1) is 18.8 Å². The Morgan fingerprint density at radius 1 is 0.765 bits per heavy atom. The first-order valence-electron chi connectivity index (χ1n) is 10.2. The Kier molecular flexibility index (Phi) is 6.58. The molecule has 0 amide bonds. The van der Waals surface area contributed by atoms with Gasteiger partial charge in [-0.05, 0) is 29.8 Å². The highest BCUT2D eigenvalue weighted by Crippen LogP contribution is 2.19. The van der Waals surface area contributed by atoms with Crippen molar-refractivity contribution in [2.75, 3.05) is 0 Å². The summed E-state index contributed by atoms with van der Waals surface area (Å²) in [6.45, 7) is -0.875. The third-order valence-electron chi connectivity index (χ3n) is 5.38. The first-order chi connectivity index (χ1) is 16.3. The second kappa shape index (κ2) is 9.58. The fourth-order valence-corrected chi connectivity index (χ4v) is 3.83. The predicted molar refractivity (Wildman–Crippen MR) is 124 cm³/mol. The monoisotopic (exact) mass is 484 g/mol. The van der Waals surface area contributed by atoms with E-state index in [0.717, 1.165) is 16.7 Å². The van der Waals surface area contributed by atoms with E-state index in [4.69, 9.17) is 17.3 Å². The SMILES string of the molecule is NC(Cn1c(=O)n(Cc2c(F)cccc2Cl)c(=O)n(-c2ccccc2F)c1=O)c1ccccc1. The van der Waals surface area contributed by atoms with E-state index in [1.807, 2.05) is 0 Å². The Morgan fingerprint density at radius 3 is 2.06 bits per heavy atom.